The SMILES string of the molecule is CCCCNC(=O)C(=O)N/N=C\c1cc(Cl)ccc1OCc1ccc(F)cc1. The molecule has 0 aromatic heterocycles. The standard InChI is InChI=1S/C20H21ClFN3O3/c1-2-3-10-23-19(26)20(27)25-24-12-15-11-16(21)6-9-18(15)28-13-14-4-7-17(22)8-5-14/h4-9,11-12H,2-3,10,13H2,1H3,(H,23,26)(H,25,27)/b24-12-. The van der Waals surface area contributed by atoms with Crippen molar-refractivity contribution in [3.8, 4) is 5.75 Å². The quantitative estimate of drug-likeness (QED) is 0.305. The molecule has 0 fully saturated rings. The van der Waals surface area contributed by atoms with Crippen molar-refractivity contribution in [2.75, 3.05) is 6.54 Å². The molecule has 28 heavy (non-hydrogen) atoms. The molecule has 0 aliphatic heterocycles. The van der Waals surface area contributed by atoms with E-state index >= 15 is 0 Å². The first-order valence-electron chi connectivity index (χ1n) is 8.77. The number of unbranched alkanes of at least 4 members (excludes halogenated alkanes) is 1. The molecule has 0 saturated carbocycles. The maximum absolute atomic E-state index is 13.0. The molecular formula is C20H21ClFN3O3. The number of carbonyl (C=O) groups is 2. The second kappa shape index (κ2) is 11.0. The van der Waals surface area contributed by atoms with E-state index in [9.17, 15) is 14.0 Å². The van der Waals surface area contributed by atoms with Crippen LogP contribution in [0.4, 0.5) is 4.39 Å². The minimum atomic E-state index is -0.858. The highest BCUT2D eigenvalue weighted by Crippen LogP contribution is 2.22. The second-order valence-electron chi connectivity index (χ2n) is 5.91. The average Bonchev–Trinajstić information content (AvgIpc) is 2.68. The van der Waals surface area contributed by atoms with Crippen molar-refractivity contribution in [2.45, 2.75) is 26.4 Å². The van der Waals surface area contributed by atoms with Crippen molar-refractivity contribution in [1.29, 1.82) is 0 Å². The largest absolute Gasteiger partial charge is 0.488 e. The normalized spacial score (nSPS) is 10.7. The van der Waals surface area contributed by atoms with Crippen LogP contribution in [-0.4, -0.2) is 24.6 Å². The molecule has 0 radical (unpaired) electrons. The van der Waals surface area contributed by atoms with Gasteiger partial charge in [-0.2, -0.15) is 5.10 Å². The molecular weight excluding hydrogens is 385 g/mol. The number of nitrogens with one attached hydrogen (secondary N) is 2. The van der Waals surface area contributed by atoms with Crippen molar-refractivity contribution < 1.29 is 18.7 Å². The van der Waals surface area contributed by atoms with Crippen LogP contribution in [0, 0.1) is 5.82 Å². The fraction of sp³-hybridized carbons (Fsp3) is 0.250. The molecule has 2 N–H and O–H groups in total. The topological polar surface area (TPSA) is 79.8 Å². The van der Waals surface area contributed by atoms with Gasteiger partial charge in [0.2, 0.25) is 0 Å². The van der Waals surface area contributed by atoms with E-state index in [0.717, 1.165) is 18.4 Å². The maximum Gasteiger partial charge on any atom is 0.329 e. The lowest BCUT2D eigenvalue weighted by Gasteiger charge is -2.09. The molecule has 6 nitrogen and oxygen atoms in total. The molecule has 2 aromatic carbocycles. The van der Waals surface area contributed by atoms with E-state index in [4.69, 9.17) is 16.3 Å². The Kier molecular flexibility index (Phi) is 8.42. The number of hydrazone groups is 1. The molecule has 0 aliphatic carbocycles. The highest BCUT2D eigenvalue weighted by atomic mass is 35.5. The van der Waals surface area contributed by atoms with Crippen molar-refractivity contribution in [2.24, 2.45) is 5.10 Å². The van der Waals surface area contributed by atoms with Gasteiger partial charge >= 0.3 is 11.8 Å². The van der Waals surface area contributed by atoms with Gasteiger partial charge in [0.1, 0.15) is 18.2 Å². The van der Waals surface area contributed by atoms with E-state index < -0.39 is 11.8 Å². The number of ether oxygens (including phenoxy) is 1. The number of carbonyl (C=O) groups excluding carboxylic acids is 2. The summed E-state index contributed by atoms with van der Waals surface area (Å²) in [5.74, 6) is -1.45. The van der Waals surface area contributed by atoms with E-state index in [-0.39, 0.29) is 12.4 Å². The van der Waals surface area contributed by atoms with Crippen molar-refractivity contribution in [1.82, 2.24) is 10.7 Å². The molecule has 0 saturated heterocycles. The predicted octanol–water partition coefficient (Wildman–Crippen LogP) is 3.42. The smallest absolute Gasteiger partial charge is 0.329 e. The van der Waals surface area contributed by atoms with Gasteiger partial charge in [-0.3, -0.25) is 9.59 Å². The number of rotatable bonds is 8. The zero-order valence-electron chi connectivity index (χ0n) is 15.4. The van der Waals surface area contributed by atoms with Gasteiger partial charge in [-0.15, -0.1) is 0 Å². The second-order valence-corrected chi connectivity index (χ2v) is 6.34. The fourth-order valence-electron chi connectivity index (χ4n) is 2.16. The van der Waals surface area contributed by atoms with Crippen LogP contribution in [0.15, 0.2) is 47.6 Å². The molecule has 0 spiro atoms. The molecule has 0 heterocycles. The summed E-state index contributed by atoms with van der Waals surface area (Å²) in [7, 11) is 0. The monoisotopic (exact) mass is 405 g/mol. The molecule has 2 amide bonds. The van der Waals surface area contributed by atoms with Crippen LogP contribution >= 0.6 is 11.6 Å². The predicted molar refractivity (Wildman–Crippen MR) is 106 cm³/mol. The van der Waals surface area contributed by atoms with Gasteiger partial charge in [-0.25, -0.2) is 9.82 Å². The molecule has 0 aliphatic rings. The first-order valence-corrected chi connectivity index (χ1v) is 9.15. The molecule has 8 heteroatoms. The first-order chi connectivity index (χ1) is 13.5. The van der Waals surface area contributed by atoms with E-state index in [1.54, 1.807) is 30.3 Å². The summed E-state index contributed by atoms with van der Waals surface area (Å²) in [6.45, 7) is 2.63. The third-order valence-electron chi connectivity index (χ3n) is 3.67. The minimum absolute atomic E-state index is 0.217. The first kappa shape index (κ1) is 21.4. The van der Waals surface area contributed by atoms with Crippen LogP contribution < -0.4 is 15.5 Å². The zero-order chi connectivity index (χ0) is 20.4. The van der Waals surface area contributed by atoms with Crippen LogP contribution in [0.3, 0.4) is 0 Å². The lowest BCUT2D eigenvalue weighted by Crippen LogP contribution is -2.38. The summed E-state index contributed by atoms with van der Waals surface area (Å²) in [6.07, 6.45) is 3.04. The number of benzene rings is 2. The number of halogens is 2. The Hall–Kier alpha value is -2.93. The fourth-order valence-corrected chi connectivity index (χ4v) is 2.34. The van der Waals surface area contributed by atoms with Gasteiger partial charge in [0.15, 0.2) is 0 Å². The molecule has 2 aromatic rings. The Morgan fingerprint density at radius 1 is 1.18 bits per heavy atom. The van der Waals surface area contributed by atoms with Crippen LogP contribution in [0.5, 0.6) is 5.75 Å². The number of hydrogen-bond donors (Lipinski definition) is 2. The summed E-state index contributed by atoms with van der Waals surface area (Å²) in [5, 5.41) is 6.74. The third kappa shape index (κ3) is 7.00. The molecule has 0 unspecified atom stereocenters. The average molecular weight is 406 g/mol. The Morgan fingerprint density at radius 3 is 2.64 bits per heavy atom. The van der Waals surface area contributed by atoms with Crippen LogP contribution in [0.25, 0.3) is 0 Å². The summed E-state index contributed by atoms with van der Waals surface area (Å²) in [4.78, 5) is 23.3. The summed E-state index contributed by atoms with van der Waals surface area (Å²) in [6, 6.07) is 10.9. The molecule has 0 bridgehead atoms. The third-order valence-corrected chi connectivity index (χ3v) is 3.91. The van der Waals surface area contributed by atoms with E-state index in [1.807, 2.05) is 6.92 Å². The van der Waals surface area contributed by atoms with Crippen molar-refractivity contribution >= 4 is 29.6 Å². The van der Waals surface area contributed by atoms with Gasteiger partial charge in [-0.05, 0) is 42.3 Å². The van der Waals surface area contributed by atoms with Crippen molar-refractivity contribution in [3.63, 3.8) is 0 Å². The number of amides is 2. The Balaban J connectivity index is 1.97. The highest BCUT2D eigenvalue weighted by molar-refractivity contribution is 6.35. The molecule has 0 atom stereocenters. The molecule has 2 rings (SSSR count). The zero-order valence-corrected chi connectivity index (χ0v) is 16.1. The van der Waals surface area contributed by atoms with E-state index in [1.165, 1.54) is 18.3 Å². The number of nitrogens with zero attached hydrogens (tertiary/aromatic N) is 1. The van der Waals surface area contributed by atoms with Gasteiger partial charge in [0.25, 0.3) is 0 Å². The van der Waals surface area contributed by atoms with Crippen LogP contribution in [0.1, 0.15) is 30.9 Å². The van der Waals surface area contributed by atoms with E-state index in [0.29, 0.717) is 22.9 Å². The number of hydrogen-bond acceptors (Lipinski definition) is 4. The van der Waals surface area contributed by atoms with E-state index in [2.05, 4.69) is 15.8 Å². The molecule has 148 valence electrons. The minimum Gasteiger partial charge on any atom is -0.488 e. The summed E-state index contributed by atoms with van der Waals surface area (Å²) < 4.78 is 18.7. The lowest BCUT2D eigenvalue weighted by molar-refractivity contribution is -0.139. The Morgan fingerprint density at radius 2 is 1.93 bits per heavy atom. The Bertz CT molecular complexity index is 841. The van der Waals surface area contributed by atoms with Gasteiger partial charge in [0.05, 0.1) is 6.21 Å². The van der Waals surface area contributed by atoms with Gasteiger partial charge in [0, 0.05) is 17.1 Å². The van der Waals surface area contributed by atoms with Gasteiger partial charge < -0.3 is 10.1 Å². The van der Waals surface area contributed by atoms with Crippen LogP contribution in [-0.2, 0) is 16.2 Å². The summed E-state index contributed by atoms with van der Waals surface area (Å²) >= 11 is 6.00. The summed E-state index contributed by atoms with van der Waals surface area (Å²) in [5.41, 5.74) is 3.47. The highest BCUT2D eigenvalue weighted by Gasteiger charge is 2.11. The van der Waals surface area contributed by atoms with Crippen LogP contribution in [0.2, 0.25) is 5.02 Å². The van der Waals surface area contributed by atoms with Gasteiger partial charge in [-0.1, -0.05) is 37.1 Å². The maximum atomic E-state index is 13.0. The Labute approximate surface area is 167 Å². The van der Waals surface area contributed by atoms with Crippen molar-refractivity contribution in [3.05, 3.63) is 64.4 Å². The lowest BCUT2D eigenvalue weighted by atomic mass is 10.2.